The van der Waals surface area contributed by atoms with Crippen LogP contribution in [-0.2, 0) is 15.1 Å². The van der Waals surface area contributed by atoms with Crippen molar-refractivity contribution in [3.8, 4) is 0 Å². The Hall–Kier alpha value is -1.35. The molecule has 0 fully saturated rings. The molecule has 1 aromatic rings. The average molecular weight is 208 g/mol. The van der Waals surface area contributed by atoms with Gasteiger partial charge < -0.3 is 9.84 Å². The summed E-state index contributed by atoms with van der Waals surface area (Å²) in [6.45, 7) is 4.94. The molecule has 0 bridgehead atoms. The number of carbonyl (C=O) groups is 1. The zero-order valence-corrected chi connectivity index (χ0v) is 9.23. The van der Waals surface area contributed by atoms with Crippen LogP contribution in [0, 0.1) is 0 Å². The van der Waals surface area contributed by atoms with Crippen molar-refractivity contribution in [3.63, 3.8) is 0 Å². The molecule has 0 aliphatic heterocycles. The Balaban J connectivity index is 2.88. The molecule has 0 saturated heterocycles. The van der Waals surface area contributed by atoms with Gasteiger partial charge >= 0.3 is 5.97 Å². The van der Waals surface area contributed by atoms with E-state index in [1.165, 1.54) is 6.92 Å². The smallest absolute Gasteiger partial charge is 0.342 e. The minimum atomic E-state index is -1.58. The fraction of sp³-hybridized carbons (Fsp3) is 0.417. The quantitative estimate of drug-likeness (QED) is 0.771. The maximum absolute atomic E-state index is 11.6. The third-order valence-electron chi connectivity index (χ3n) is 2.08. The lowest BCUT2D eigenvalue weighted by Gasteiger charge is -2.23. The van der Waals surface area contributed by atoms with E-state index in [9.17, 15) is 9.90 Å². The number of benzene rings is 1. The first-order chi connectivity index (χ1) is 6.94. The fourth-order valence-corrected chi connectivity index (χ4v) is 1.21. The van der Waals surface area contributed by atoms with Gasteiger partial charge in [-0.1, -0.05) is 30.3 Å². The van der Waals surface area contributed by atoms with Gasteiger partial charge in [0.15, 0.2) is 5.60 Å². The summed E-state index contributed by atoms with van der Waals surface area (Å²) < 4.78 is 4.98. The first kappa shape index (κ1) is 11.7. The van der Waals surface area contributed by atoms with Crippen molar-refractivity contribution < 1.29 is 14.6 Å². The number of hydrogen-bond donors (Lipinski definition) is 1. The molecule has 0 aliphatic rings. The predicted molar refractivity (Wildman–Crippen MR) is 57.2 cm³/mol. The molecular formula is C12H16O3. The number of hydrogen-bond acceptors (Lipinski definition) is 3. The van der Waals surface area contributed by atoms with Gasteiger partial charge in [0.2, 0.25) is 0 Å². The summed E-state index contributed by atoms with van der Waals surface area (Å²) in [5, 5.41) is 10.0. The fourth-order valence-electron chi connectivity index (χ4n) is 1.21. The number of carbonyl (C=O) groups excluding carboxylic acids is 1. The highest BCUT2D eigenvalue weighted by Crippen LogP contribution is 2.22. The molecule has 1 N–H and O–H groups in total. The van der Waals surface area contributed by atoms with Crippen LogP contribution in [0.4, 0.5) is 0 Å². The predicted octanol–water partition coefficient (Wildman–Crippen LogP) is 1.85. The largest absolute Gasteiger partial charge is 0.461 e. The first-order valence-corrected chi connectivity index (χ1v) is 4.93. The average Bonchev–Trinajstić information content (AvgIpc) is 2.18. The van der Waals surface area contributed by atoms with Gasteiger partial charge in [-0.25, -0.2) is 4.79 Å². The molecule has 15 heavy (non-hydrogen) atoms. The van der Waals surface area contributed by atoms with Crippen LogP contribution in [-0.4, -0.2) is 17.2 Å². The third kappa shape index (κ3) is 2.80. The maximum atomic E-state index is 11.6. The van der Waals surface area contributed by atoms with E-state index in [1.54, 1.807) is 38.1 Å². The molecule has 0 radical (unpaired) electrons. The Kier molecular flexibility index (Phi) is 3.48. The minimum Gasteiger partial charge on any atom is -0.461 e. The molecule has 1 aromatic carbocycles. The Morgan fingerprint density at radius 3 is 2.33 bits per heavy atom. The van der Waals surface area contributed by atoms with Crippen LogP contribution in [0.25, 0.3) is 0 Å². The number of ether oxygens (including phenoxy) is 1. The van der Waals surface area contributed by atoms with E-state index in [0.717, 1.165) is 0 Å². The second-order valence-electron chi connectivity index (χ2n) is 3.89. The van der Waals surface area contributed by atoms with Crippen LogP contribution in [0.2, 0.25) is 0 Å². The van der Waals surface area contributed by atoms with Crippen molar-refractivity contribution in [1.82, 2.24) is 0 Å². The van der Waals surface area contributed by atoms with Crippen LogP contribution >= 0.6 is 0 Å². The monoisotopic (exact) mass is 208 g/mol. The second-order valence-corrected chi connectivity index (χ2v) is 3.89. The molecule has 0 aromatic heterocycles. The molecule has 3 nitrogen and oxygen atoms in total. The van der Waals surface area contributed by atoms with Crippen LogP contribution in [0.15, 0.2) is 30.3 Å². The zero-order valence-electron chi connectivity index (χ0n) is 9.23. The summed E-state index contributed by atoms with van der Waals surface area (Å²) >= 11 is 0. The Labute approximate surface area is 89.7 Å². The van der Waals surface area contributed by atoms with Gasteiger partial charge in [0.1, 0.15) is 0 Å². The highest BCUT2D eigenvalue weighted by atomic mass is 16.6. The van der Waals surface area contributed by atoms with E-state index >= 15 is 0 Å². The van der Waals surface area contributed by atoms with Crippen LogP contribution in [0.3, 0.4) is 0 Å². The Morgan fingerprint density at radius 1 is 1.33 bits per heavy atom. The molecule has 82 valence electrons. The van der Waals surface area contributed by atoms with E-state index in [-0.39, 0.29) is 6.10 Å². The van der Waals surface area contributed by atoms with E-state index in [4.69, 9.17) is 4.74 Å². The molecule has 1 atom stereocenters. The van der Waals surface area contributed by atoms with Crippen molar-refractivity contribution >= 4 is 5.97 Å². The first-order valence-electron chi connectivity index (χ1n) is 4.93. The summed E-state index contributed by atoms with van der Waals surface area (Å²) in [7, 11) is 0. The third-order valence-corrected chi connectivity index (χ3v) is 2.08. The SMILES string of the molecule is CC(C)OC(=O)[C@](C)(O)c1ccccc1. The summed E-state index contributed by atoms with van der Waals surface area (Å²) in [5.41, 5.74) is -1.04. The lowest BCUT2D eigenvalue weighted by molar-refractivity contribution is -0.168. The van der Waals surface area contributed by atoms with Crippen molar-refractivity contribution in [2.45, 2.75) is 32.5 Å². The zero-order chi connectivity index (χ0) is 11.5. The Bertz CT molecular complexity index is 328. The molecule has 0 heterocycles. The number of rotatable bonds is 3. The van der Waals surface area contributed by atoms with Gasteiger partial charge in [-0.2, -0.15) is 0 Å². The lowest BCUT2D eigenvalue weighted by Crippen LogP contribution is -2.35. The normalized spacial score (nSPS) is 14.7. The van der Waals surface area contributed by atoms with E-state index in [1.807, 2.05) is 6.07 Å². The van der Waals surface area contributed by atoms with Crippen LogP contribution in [0.5, 0.6) is 0 Å². The molecule has 0 saturated carbocycles. The highest BCUT2D eigenvalue weighted by molar-refractivity contribution is 5.80. The van der Waals surface area contributed by atoms with Crippen molar-refractivity contribution in [3.05, 3.63) is 35.9 Å². The number of aliphatic hydroxyl groups is 1. The lowest BCUT2D eigenvalue weighted by atomic mass is 9.96. The summed E-state index contributed by atoms with van der Waals surface area (Å²) in [6.07, 6.45) is -0.229. The minimum absolute atomic E-state index is 0.229. The summed E-state index contributed by atoms with van der Waals surface area (Å²) in [6, 6.07) is 8.76. The van der Waals surface area contributed by atoms with Gasteiger partial charge in [0.25, 0.3) is 0 Å². The molecule has 3 heteroatoms. The molecule has 1 rings (SSSR count). The van der Waals surface area contributed by atoms with Gasteiger partial charge in [0.05, 0.1) is 6.10 Å². The van der Waals surface area contributed by atoms with E-state index in [0.29, 0.717) is 5.56 Å². The van der Waals surface area contributed by atoms with Crippen molar-refractivity contribution in [2.24, 2.45) is 0 Å². The molecule has 0 unspecified atom stereocenters. The van der Waals surface area contributed by atoms with E-state index < -0.39 is 11.6 Å². The van der Waals surface area contributed by atoms with Gasteiger partial charge in [0, 0.05) is 0 Å². The molecule has 0 amide bonds. The maximum Gasteiger partial charge on any atom is 0.342 e. The standard InChI is InChI=1S/C12H16O3/c1-9(2)15-11(13)12(3,14)10-7-5-4-6-8-10/h4-9,14H,1-3H3/t12-/m1/s1. The second kappa shape index (κ2) is 4.45. The van der Waals surface area contributed by atoms with Gasteiger partial charge in [-0.3, -0.25) is 0 Å². The summed E-state index contributed by atoms with van der Waals surface area (Å²) in [4.78, 5) is 11.6. The molecule has 0 spiro atoms. The highest BCUT2D eigenvalue weighted by Gasteiger charge is 2.34. The molecular weight excluding hydrogens is 192 g/mol. The topological polar surface area (TPSA) is 46.5 Å². The van der Waals surface area contributed by atoms with Gasteiger partial charge in [-0.05, 0) is 26.3 Å². The van der Waals surface area contributed by atoms with Gasteiger partial charge in [-0.15, -0.1) is 0 Å². The van der Waals surface area contributed by atoms with E-state index in [2.05, 4.69) is 0 Å². The summed E-state index contributed by atoms with van der Waals surface area (Å²) in [5.74, 6) is -0.622. The molecule has 0 aliphatic carbocycles. The van der Waals surface area contributed by atoms with Crippen molar-refractivity contribution in [1.29, 1.82) is 0 Å². The number of esters is 1. The van der Waals surface area contributed by atoms with Crippen molar-refractivity contribution in [2.75, 3.05) is 0 Å². The Morgan fingerprint density at radius 2 is 1.87 bits per heavy atom. The van der Waals surface area contributed by atoms with Crippen LogP contribution < -0.4 is 0 Å². The van der Waals surface area contributed by atoms with Crippen LogP contribution in [0.1, 0.15) is 26.3 Å².